The first-order valence-electron chi connectivity index (χ1n) is 10.8. The van der Waals surface area contributed by atoms with Gasteiger partial charge in [0.05, 0.1) is 47.6 Å². The number of carbonyl (C=O) groups is 3. The lowest BCUT2D eigenvalue weighted by atomic mass is 9.98. The van der Waals surface area contributed by atoms with Crippen LogP contribution < -0.4 is 14.8 Å². The van der Waals surface area contributed by atoms with E-state index >= 15 is 0 Å². The Morgan fingerprint density at radius 3 is 1.86 bits per heavy atom. The third-order valence-corrected chi connectivity index (χ3v) is 6.15. The second-order valence-corrected chi connectivity index (χ2v) is 8.73. The second kappa shape index (κ2) is 12.0. The van der Waals surface area contributed by atoms with E-state index in [4.69, 9.17) is 37.8 Å². The summed E-state index contributed by atoms with van der Waals surface area (Å²) in [7, 11) is 3.00. The van der Waals surface area contributed by atoms with Crippen molar-refractivity contribution in [3.63, 3.8) is 0 Å². The molecular weight excluding hydrogens is 525 g/mol. The van der Waals surface area contributed by atoms with E-state index in [1.807, 2.05) is 0 Å². The van der Waals surface area contributed by atoms with E-state index in [0.717, 1.165) is 17.7 Å². The lowest BCUT2D eigenvalue weighted by molar-refractivity contribution is -0.139. The number of halogens is 2. The van der Waals surface area contributed by atoms with Crippen LogP contribution in [-0.2, 0) is 17.8 Å². The van der Waals surface area contributed by atoms with E-state index in [9.17, 15) is 24.6 Å². The smallest absolute Gasteiger partial charge is 0.335 e. The van der Waals surface area contributed by atoms with E-state index in [1.54, 1.807) is 36.4 Å². The molecule has 3 aromatic carbocycles. The van der Waals surface area contributed by atoms with Gasteiger partial charge in [0.15, 0.2) is 0 Å². The Balaban J connectivity index is 1.84. The van der Waals surface area contributed by atoms with Gasteiger partial charge < -0.3 is 30.1 Å². The number of benzene rings is 3. The van der Waals surface area contributed by atoms with Crippen molar-refractivity contribution in [2.75, 3.05) is 14.2 Å². The monoisotopic (exact) mass is 547 g/mol. The first-order valence-corrected chi connectivity index (χ1v) is 11.6. The summed E-state index contributed by atoms with van der Waals surface area (Å²) in [5, 5.41) is 30.2. The summed E-state index contributed by atoms with van der Waals surface area (Å²) in [6.45, 7) is -0.186. The van der Waals surface area contributed by atoms with Crippen LogP contribution in [0.3, 0.4) is 0 Å². The summed E-state index contributed by atoms with van der Waals surface area (Å²) in [6.07, 6.45) is -0.0540. The fourth-order valence-corrected chi connectivity index (χ4v) is 4.39. The average molecular weight is 548 g/mol. The molecule has 0 radical (unpaired) electrons. The molecular formula is C26H23Cl2NO8. The van der Waals surface area contributed by atoms with Crippen LogP contribution in [0, 0.1) is 0 Å². The average Bonchev–Trinajstić information content (AvgIpc) is 2.87. The molecule has 1 atom stereocenters. The highest BCUT2D eigenvalue weighted by molar-refractivity contribution is 6.40. The number of hydrogen-bond acceptors (Lipinski definition) is 6. The van der Waals surface area contributed by atoms with Gasteiger partial charge >= 0.3 is 11.9 Å². The van der Waals surface area contributed by atoms with Gasteiger partial charge in [0.2, 0.25) is 0 Å². The molecule has 0 saturated carbocycles. The molecule has 1 amide bonds. The van der Waals surface area contributed by atoms with Crippen LogP contribution in [0.4, 0.5) is 0 Å². The van der Waals surface area contributed by atoms with Gasteiger partial charge in [-0.05, 0) is 41.0 Å². The van der Waals surface area contributed by atoms with Crippen LogP contribution in [0.15, 0.2) is 48.5 Å². The molecule has 3 aromatic rings. The minimum atomic E-state index is -1.32. The molecule has 0 spiro atoms. The number of aliphatic carboxylic acids is 1. The number of carboxylic acid groups (broad SMARTS) is 2. The number of ether oxygens (including phenoxy) is 2. The third kappa shape index (κ3) is 6.32. The van der Waals surface area contributed by atoms with Crippen LogP contribution >= 0.6 is 23.2 Å². The van der Waals surface area contributed by atoms with E-state index in [0.29, 0.717) is 28.2 Å². The van der Waals surface area contributed by atoms with Gasteiger partial charge in [-0.1, -0.05) is 47.5 Å². The van der Waals surface area contributed by atoms with Gasteiger partial charge in [-0.15, -0.1) is 0 Å². The summed E-state index contributed by atoms with van der Waals surface area (Å²) in [6, 6.07) is 11.1. The molecule has 0 aliphatic heterocycles. The van der Waals surface area contributed by atoms with Gasteiger partial charge in [0, 0.05) is 6.42 Å². The first kappa shape index (κ1) is 27.8. The van der Waals surface area contributed by atoms with Crippen molar-refractivity contribution in [3.8, 4) is 22.6 Å². The SMILES string of the molecule is COc1cc(CO)cc(OC)c1-c1ccc(C[C@H](NC(=O)c2c(Cl)cc(C(=O)O)cc2Cl)C(=O)O)cc1. The number of amides is 1. The zero-order valence-electron chi connectivity index (χ0n) is 19.7. The quantitative estimate of drug-likeness (QED) is 0.294. The Bertz CT molecular complexity index is 1290. The normalized spacial score (nSPS) is 11.5. The van der Waals surface area contributed by atoms with E-state index < -0.39 is 23.9 Å². The maximum atomic E-state index is 12.8. The van der Waals surface area contributed by atoms with Crippen molar-refractivity contribution in [1.29, 1.82) is 0 Å². The Kier molecular flexibility index (Phi) is 8.99. The molecule has 9 nitrogen and oxygen atoms in total. The number of aliphatic hydroxyl groups is 1. The van der Waals surface area contributed by atoms with Gasteiger partial charge in [-0.3, -0.25) is 4.79 Å². The van der Waals surface area contributed by atoms with Crippen LogP contribution in [0.25, 0.3) is 11.1 Å². The summed E-state index contributed by atoms with van der Waals surface area (Å²) in [5.41, 5.74) is 2.19. The maximum Gasteiger partial charge on any atom is 0.335 e. The van der Waals surface area contributed by atoms with Crippen molar-refractivity contribution >= 4 is 41.0 Å². The number of carbonyl (C=O) groups excluding carboxylic acids is 1. The zero-order valence-corrected chi connectivity index (χ0v) is 21.3. The third-order valence-electron chi connectivity index (χ3n) is 5.55. The molecule has 0 saturated heterocycles. The largest absolute Gasteiger partial charge is 0.496 e. The number of nitrogens with one attached hydrogen (secondary N) is 1. The van der Waals surface area contributed by atoms with E-state index in [1.165, 1.54) is 14.2 Å². The molecule has 0 aliphatic carbocycles. The summed E-state index contributed by atoms with van der Waals surface area (Å²) in [5.74, 6) is -2.42. The van der Waals surface area contributed by atoms with Crippen molar-refractivity contribution in [2.45, 2.75) is 19.1 Å². The molecule has 3 rings (SSSR count). The highest BCUT2D eigenvalue weighted by Gasteiger charge is 2.25. The maximum absolute atomic E-state index is 12.8. The Morgan fingerprint density at radius 1 is 0.892 bits per heavy atom. The Morgan fingerprint density at radius 2 is 1.43 bits per heavy atom. The van der Waals surface area contributed by atoms with Crippen molar-refractivity contribution in [3.05, 3.63) is 80.8 Å². The topological polar surface area (TPSA) is 142 Å². The van der Waals surface area contributed by atoms with Gasteiger partial charge in [0.25, 0.3) is 5.91 Å². The van der Waals surface area contributed by atoms with Gasteiger partial charge in [-0.25, -0.2) is 9.59 Å². The fourth-order valence-electron chi connectivity index (χ4n) is 3.73. The lowest BCUT2D eigenvalue weighted by Gasteiger charge is -2.17. The molecule has 0 fully saturated rings. The standard InChI is InChI=1S/C26H23Cl2NO8/c1-36-20-8-14(12-30)9-21(37-2)22(20)15-5-3-13(4-6-15)7-19(26(34)35)29-24(31)23-17(27)10-16(25(32)33)11-18(23)28/h3-6,8-11,19,30H,7,12H2,1-2H3,(H,29,31)(H,32,33)(H,34,35)/t19-/m0/s1. The highest BCUT2D eigenvalue weighted by atomic mass is 35.5. The molecule has 0 unspecified atom stereocenters. The molecule has 37 heavy (non-hydrogen) atoms. The van der Waals surface area contributed by atoms with Crippen LogP contribution in [-0.4, -0.2) is 53.4 Å². The Labute approximate surface area is 222 Å². The number of hydrogen-bond donors (Lipinski definition) is 4. The van der Waals surface area contributed by atoms with Crippen molar-refractivity contribution in [2.24, 2.45) is 0 Å². The molecule has 0 aliphatic rings. The van der Waals surface area contributed by atoms with Crippen molar-refractivity contribution < 1.29 is 39.2 Å². The summed E-state index contributed by atoms with van der Waals surface area (Å²) < 4.78 is 10.9. The molecule has 194 valence electrons. The first-order chi connectivity index (χ1) is 17.6. The molecule has 0 aromatic heterocycles. The van der Waals surface area contributed by atoms with Crippen molar-refractivity contribution in [1.82, 2.24) is 5.32 Å². The van der Waals surface area contributed by atoms with Crippen LogP contribution in [0.2, 0.25) is 10.0 Å². The molecule has 4 N–H and O–H groups in total. The number of aliphatic hydroxyl groups excluding tert-OH is 1. The summed E-state index contributed by atoms with van der Waals surface area (Å²) >= 11 is 12.1. The van der Waals surface area contributed by atoms with Gasteiger partial charge in [-0.2, -0.15) is 0 Å². The second-order valence-electron chi connectivity index (χ2n) is 7.92. The molecule has 11 heteroatoms. The predicted molar refractivity (Wildman–Crippen MR) is 137 cm³/mol. The minimum Gasteiger partial charge on any atom is -0.496 e. The van der Waals surface area contributed by atoms with Gasteiger partial charge in [0.1, 0.15) is 17.5 Å². The summed E-state index contributed by atoms with van der Waals surface area (Å²) in [4.78, 5) is 35.8. The minimum absolute atomic E-state index is 0.0540. The Hall–Kier alpha value is -3.79. The zero-order chi connectivity index (χ0) is 27.3. The van der Waals surface area contributed by atoms with E-state index in [2.05, 4.69) is 5.32 Å². The fraction of sp³-hybridized carbons (Fsp3) is 0.192. The lowest BCUT2D eigenvalue weighted by Crippen LogP contribution is -2.42. The molecule has 0 heterocycles. The van der Waals surface area contributed by atoms with Crippen LogP contribution in [0.1, 0.15) is 31.8 Å². The highest BCUT2D eigenvalue weighted by Crippen LogP contribution is 2.39. The van der Waals surface area contributed by atoms with Crippen LogP contribution in [0.5, 0.6) is 11.5 Å². The molecule has 0 bridgehead atoms. The number of rotatable bonds is 10. The number of carboxylic acids is 2. The number of aromatic carboxylic acids is 1. The number of methoxy groups -OCH3 is 2. The van der Waals surface area contributed by atoms with E-state index in [-0.39, 0.29) is 34.2 Å². The predicted octanol–water partition coefficient (Wildman–Crippen LogP) is 4.29.